The highest BCUT2D eigenvalue weighted by atomic mass is 16.5. The van der Waals surface area contributed by atoms with E-state index in [1.807, 2.05) is 72.8 Å². The first-order valence-electron chi connectivity index (χ1n) is 9.42. The number of rotatable bonds is 7. The molecule has 0 N–H and O–H groups in total. The van der Waals surface area contributed by atoms with Gasteiger partial charge in [0, 0.05) is 20.5 Å². The monoisotopic (exact) mass is 388 g/mol. The van der Waals surface area contributed by atoms with E-state index in [9.17, 15) is 9.59 Å². The van der Waals surface area contributed by atoms with E-state index >= 15 is 0 Å². The minimum atomic E-state index is -0.226. The summed E-state index contributed by atoms with van der Waals surface area (Å²) in [7, 11) is 1.74. The molecule has 29 heavy (non-hydrogen) atoms. The SMILES string of the molecule is CC(=O)N(CC(=O)N(C)Cc1ccccc1)c1ccccc1Oc1ccccc1. The summed E-state index contributed by atoms with van der Waals surface area (Å²) in [6.07, 6.45) is 0. The smallest absolute Gasteiger partial charge is 0.242 e. The second-order valence-electron chi connectivity index (χ2n) is 6.72. The number of carbonyl (C=O) groups excluding carboxylic acids is 2. The molecular formula is C24H24N2O3. The first kappa shape index (κ1) is 20.1. The van der Waals surface area contributed by atoms with Crippen LogP contribution in [0.1, 0.15) is 12.5 Å². The third-order valence-electron chi connectivity index (χ3n) is 4.49. The molecule has 3 aromatic carbocycles. The van der Waals surface area contributed by atoms with Gasteiger partial charge in [-0.2, -0.15) is 0 Å². The Balaban J connectivity index is 1.78. The van der Waals surface area contributed by atoms with E-state index in [1.54, 1.807) is 24.1 Å². The van der Waals surface area contributed by atoms with E-state index < -0.39 is 0 Å². The highest BCUT2D eigenvalue weighted by Gasteiger charge is 2.21. The summed E-state index contributed by atoms with van der Waals surface area (Å²) in [6.45, 7) is 1.87. The van der Waals surface area contributed by atoms with Crippen molar-refractivity contribution >= 4 is 17.5 Å². The van der Waals surface area contributed by atoms with Crippen LogP contribution in [0.15, 0.2) is 84.9 Å². The van der Waals surface area contributed by atoms with Gasteiger partial charge in [-0.25, -0.2) is 0 Å². The summed E-state index contributed by atoms with van der Waals surface area (Å²) < 4.78 is 5.96. The van der Waals surface area contributed by atoms with Gasteiger partial charge in [-0.3, -0.25) is 14.5 Å². The Hall–Kier alpha value is -3.60. The number of amides is 2. The first-order chi connectivity index (χ1) is 14.0. The Morgan fingerprint density at radius 1 is 0.828 bits per heavy atom. The second kappa shape index (κ2) is 9.55. The first-order valence-corrected chi connectivity index (χ1v) is 9.42. The Morgan fingerprint density at radius 3 is 2.07 bits per heavy atom. The van der Waals surface area contributed by atoms with Gasteiger partial charge in [0.25, 0.3) is 0 Å². The van der Waals surface area contributed by atoms with Crippen LogP contribution >= 0.6 is 0 Å². The van der Waals surface area contributed by atoms with E-state index in [0.29, 0.717) is 23.7 Å². The number of hydrogen-bond donors (Lipinski definition) is 0. The fourth-order valence-corrected chi connectivity index (χ4v) is 2.95. The van der Waals surface area contributed by atoms with E-state index in [1.165, 1.54) is 11.8 Å². The maximum absolute atomic E-state index is 12.8. The lowest BCUT2D eigenvalue weighted by Crippen LogP contribution is -2.40. The zero-order valence-corrected chi connectivity index (χ0v) is 16.6. The Bertz CT molecular complexity index is 958. The summed E-state index contributed by atoms with van der Waals surface area (Å²) >= 11 is 0. The third-order valence-corrected chi connectivity index (χ3v) is 4.49. The number of carbonyl (C=O) groups is 2. The van der Waals surface area contributed by atoms with Crippen LogP contribution in [0.25, 0.3) is 0 Å². The van der Waals surface area contributed by atoms with Crippen molar-refractivity contribution in [2.24, 2.45) is 0 Å². The van der Waals surface area contributed by atoms with Crippen LogP contribution < -0.4 is 9.64 Å². The molecule has 0 saturated carbocycles. The lowest BCUT2D eigenvalue weighted by atomic mass is 10.2. The van der Waals surface area contributed by atoms with Crippen molar-refractivity contribution in [3.05, 3.63) is 90.5 Å². The maximum atomic E-state index is 12.8. The topological polar surface area (TPSA) is 49.9 Å². The Kier molecular flexibility index (Phi) is 6.63. The minimum absolute atomic E-state index is 0.0617. The van der Waals surface area contributed by atoms with E-state index in [2.05, 4.69) is 0 Å². The third kappa shape index (κ3) is 5.45. The van der Waals surface area contributed by atoms with Crippen molar-refractivity contribution in [2.45, 2.75) is 13.5 Å². The minimum Gasteiger partial charge on any atom is -0.455 e. The fraction of sp³-hybridized carbons (Fsp3) is 0.167. The predicted octanol–water partition coefficient (Wildman–Crippen LogP) is 4.49. The lowest BCUT2D eigenvalue weighted by Gasteiger charge is -2.26. The van der Waals surface area contributed by atoms with Crippen LogP contribution in [0, 0.1) is 0 Å². The van der Waals surface area contributed by atoms with Crippen LogP contribution in [0.2, 0.25) is 0 Å². The molecule has 0 heterocycles. The van der Waals surface area contributed by atoms with E-state index in [0.717, 1.165) is 5.56 Å². The van der Waals surface area contributed by atoms with Crippen molar-refractivity contribution in [3.63, 3.8) is 0 Å². The van der Waals surface area contributed by atoms with Crippen molar-refractivity contribution in [2.75, 3.05) is 18.5 Å². The van der Waals surface area contributed by atoms with Crippen molar-refractivity contribution in [1.82, 2.24) is 4.90 Å². The lowest BCUT2D eigenvalue weighted by molar-refractivity contribution is -0.130. The molecular weight excluding hydrogens is 364 g/mol. The molecule has 0 aliphatic rings. The number of benzene rings is 3. The van der Waals surface area contributed by atoms with Gasteiger partial charge >= 0.3 is 0 Å². The number of para-hydroxylation sites is 3. The molecule has 2 amide bonds. The maximum Gasteiger partial charge on any atom is 0.242 e. The molecule has 0 saturated heterocycles. The molecule has 0 unspecified atom stereocenters. The molecule has 0 aromatic heterocycles. The van der Waals surface area contributed by atoms with Crippen LogP contribution in [0.3, 0.4) is 0 Å². The number of likely N-dealkylation sites (N-methyl/N-ethyl adjacent to an activating group) is 1. The van der Waals surface area contributed by atoms with Crippen LogP contribution in [0.5, 0.6) is 11.5 Å². The standard InChI is InChI=1S/C24H24N2O3/c1-19(27)26(18-24(28)25(2)17-20-11-5-3-6-12-20)22-15-9-10-16-23(22)29-21-13-7-4-8-14-21/h3-16H,17-18H2,1-2H3. The van der Waals surface area contributed by atoms with Gasteiger partial charge in [0.15, 0.2) is 5.75 Å². The normalized spacial score (nSPS) is 10.3. The highest BCUT2D eigenvalue weighted by Crippen LogP contribution is 2.32. The molecule has 0 bridgehead atoms. The summed E-state index contributed by atoms with van der Waals surface area (Å²) in [5.74, 6) is 0.803. The van der Waals surface area contributed by atoms with Crippen molar-refractivity contribution in [1.29, 1.82) is 0 Å². The van der Waals surface area contributed by atoms with Gasteiger partial charge in [-0.1, -0.05) is 60.7 Å². The molecule has 0 atom stereocenters. The van der Waals surface area contributed by atoms with E-state index in [4.69, 9.17) is 4.74 Å². The number of hydrogen-bond acceptors (Lipinski definition) is 3. The van der Waals surface area contributed by atoms with Crippen LogP contribution in [-0.2, 0) is 16.1 Å². The van der Waals surface area contributed by atoms with Gasteiger partial charge in [0.2, 0.25) is 11.8 Å². The Labute approximate surface area is 171 Å². The zero-order chi connectivity index (χ0) is 20.6. The molecule has 5 heteroatoms. The van der Waals surface area contributed by atoms with Crippen molar-refractivity contribution in [3.8, 4) is 11.5 Å². The quantitative estimate of drug-likeness (QED) is 0.599. The molecule has 5 nitrogen and oxygen atoms in total. The van der Waals surface area contributed by atoms with Gasteiger partial charge in [0.1, 0.15) is 12.3 Å². The molecule has 0 aliphatic heterocycles. The number of anilines is 1. The number of nitrogens with zero attached hydrogens (tertiary/aromatic N) is 2. The molecule has 0 aliphatic carbocycles. The Morgan fingerprint density at radius 2 is 1.41 bits per heavy atom. The number of ether oxygens (including phenoxy) is 1. The van der Waals surface area contributed by atoms with Gasteiger partial charge in [-0.15, -0.1) is 0 Å². The largest absolute Gasteiger partial charge is 0.455 e. The highest BCUT2D eigenvalue weighted by molar-refractivity contribution is 5.98. The predicted molar refractivity (Wildman–Crippen MR) is 114 cm³/mol. The van der Waals surface area contributed by atoms with E-state index in [-0.39, 0.29) is 18.4 Å². The molecule has 0 radical (unpaired) electrons. The second-order valence-corrected chi connectivity index (χ2v) is 6.72. The summed E-state index contributed by atoms with van der Waals surface area (Å²) in [6, 6.07) is 26.3. The van der Waals surface area contributed by atoms with Crippen LogP contribution in [-0.4, -0.2) is 30.3 Å². The average Bonchev–Trinajstić information content (AvgIpc) is 2.73. The average molecular weight is 388 g/mol. The van der Waals surface area contributed by atoms with Crippen LogP contribution in [0.4, 0.5) is 5.69 Å². The summed E-state index contributed by atoms with van der Waals surface area (Å²) in [5, 5.41) is 0. The summed E-state index contributed by atoms with van der Waals surface area (Å²) in [5.41, 5.74) is 1.59. The fourth-order valence-electron chi connectivity index (χ4n) is 2.95. The molecule has 0 fully saturated rings. The molecule has 148 valence electrons. The molecule has 0 spiro atoms. The van der Waals surface area contributed by atoms with Crippen molar-refractivity contribution < 1.29 is 14.3 Å². The van der Waals surface area contributed by atoms with Gasteiger partial charge < -0.3 is 9.64 Å². The van der Waals surface area contributed by atoms with Gasteiger partial charge in [0.05, 0.1) is 5.69 Å². The molecule has 3 rings (SSSR count). The van der Waals surface area contributed by atoms with Gasteiger partial charge in [-0.05, 0) is 29.8 Å². The molecule has 3 aromatic rings. The summed E-state index contributed by atoms with van der Waals surface area (Å²) in [4.78, 5) is 28.2. The zero-order valence-electron chi connectivity index (χ0n) is 16.6.